The lowest BCUT2D eigenvalue weighted by atomic mass is 9.47. The molecule has 0 aliphatic heterocycles. The maximum absolute atomic E-state index is 4.58. The Labute approximate surface area is 222 Å². The van der Waals surface area contributed by atoms with Gasteiger partial charge in [0.2, 0.25) is 0 Å². The van der Waals surface area contributed by atoms with Crippen molar-refractivity contribution in [3.05, 3.63) is 23.5 Å². The summed E-state index contributed by atoms with van der Waals surface area (Å²) in [5.74, 6) is 5.50. The van der Waals surface area contributed by atoms with Crippen LogP contribution in [0.3, 0.4) is 0 Å². The number of fused-ring (bicyclic) bond motifs is 5. The lowest BCUT2D eigenvalue weighted by molar-refractivity contribution is -0.0525. The maximum Gasteiger partial charge on any atom is 0.0827 e. The molecule has 1 aromatic heterocycles. The van der Waals surface area contributed by atoms with Crippen molar-refractivity contribution < 1.29 is 0 Å². The van der Waals surface area contributed by atoms with Gasteiger partial charge in [-0.2, -0.15) is 0 Å². The van der Waals surface area contributed by atoms with Crippen LogP contribution in [0.25, 0.3) is 0 Å². The summed E-state index contributed by atoms with van der Waals surface area (Å²) < 4.78 is 2.22. The summed E-state index contributed by atoms with van der Waals surface area (Å²) in [7, 11) is 0. The van der Waals surface area contributed by atoms with Gasteiger partial charge in [-0.15, -0.1) is 5.10 Å². The minimum Gasteiger partial charge on any atom is -0.249 e. The molecule has 0 spiro atoms. The zero-order chi connectivity index (χ0) is 25.5. The Hall–Kier alpha value is -1.12. The van der Waals surface area contributed by atoms with Crippen LogP contribution in [0.1, 0.15) is 137 Å². The van der Waals surface area contributed by atoms with Crippen LogP contribution in [0.4, 0.5) is 0 Å². The molecule has 0 bridgehead atoms. The Morgan fingerprint density at radius 2 is 1.83 bits per heavy atom. The molecule has 3 fully saturated rings. The van der Waals surface area contributed by atoms with Crippen molar-refractivity contribution in [3.63, 3.8) is 0 Å². The third-order valence-corrected chi connectivity index (χ3v) is 12.0. The molecule has 0 saturated heterocycles. The zero-order valence-electron chi connectivity index (χ0n) is 24.4. The number of aryl methyl sites for hydroxylation is 1. The average molecular weight is 494 g/mol. The quantitative estimate of drug-likeness (QED) is 0.321. The lowest BCUT2D eigenvalue weighted by Crippen LogP contribution is -2.50. The van der Waals surface area contributed by atoms with E-state index in [2.05, 4.69) is 68.8 Å². The highest BCUT2D eigenvalue weighted by Gasteiger charge is 2.59. The fourth-order valence-electron chi connectivity index (χ4n) is 9.86. The number of allylic oxidation sites excluding steroid dienone is 2. The summed E-state index contributed by atoms with van der Waals surface area (Å²) in [5, 5.41) is 9.08. The van der Waals surface area contributed by atoms with E-state index in [1.807, 2.05) is 0 Å². The van der Waals surface area contributed by atoms with E-state index in [4.69, 9.17) is 0 Å². The van der Waals surface area contributed by atoms with Crippen LogP contribution >= 0.6 is 0 Å². The van der Waals surface area contributed by atoms with Crippen LogP contribution < -0.4 is 0 Å². The Morgan fingerprint density at radius 3 is 2.61 bits per heavy atom. The van der Waals surface area contributed by atoms with Gasteiger partial charge in [-0.05, 0) is 111 Å². The van der Waals surface area contributed by atoms with Gasteiger partial charge in [0, 0.05) is 6.20 Å². The number of hydrogen-bond acceptors (Lipinski definition) is 2. The second-order valence-corrected chi connectivity index (χ2v) is 14.5. The summed E-state index contributed by atoms with van der Waals surface area (Å²) in [6, 6.07) is 0.514. The van der Waals surface area contributed by atoms with Crippen LogP contribution in [0, 0.1) is 46.3 Å². The number of hydrogen-bond donors (Lipinski definition) is 0. The van der Waals surface area contributed by atoms with Gasteiger partial charge >= 0.3 is 0 Å². The third-order valence-electron chi connectivity index (χ3n) is 12.0. The molecule has 3 nitrogen and oxygen atoms in total. The summed E-state index contributed by atoms with van der Waals surface area (Å²) in [5.41, 5.74) is 3.97. The van der Waals surface area contributed by atoms with Gasteiger partial charge in [0.15, 0.2) is 0 Å². The van der Waals surface area contributed by atoms with Crippen LogP contribution in [-0.2, 0) is 6.42 Å². The molecule has 202 valence electrons. The first-order chi connectivity index (χ1) is 17.3. The minimum absolute atomic E-state index is 0.424. The van der Waals surface area contributed by atoms with E-state index in [-0.39, 0.29) is 0 Å². The van der Waals surface area contributed by atoms with Gasteiger partial charge in [-0.3, -0.25) is 0 Å². The van der Waals surface area contributed by atoms with E-state index < -0.39 is 0 Å². The van der Waals surface area contributed by atoms with E-state index in [0.29, 0.717) is 16.9 Å². The molecule has 0 amide bonds. The van der Waals surface area contributed by atoms with Crippen LogP contribution in [0.2, 0.25) is 0 Å². The topological polar surface area (TPSA) is 30.7 Å². The molecule has 3 saturated carbocycles. The van der Waals surface area contributed by atoms with Crippen molar-refractivity contribution in [1.82, 2.24) is 15.0 Å². The standard InChI is InChI=1S/C33H55N3/c1-7-8-12-26-22-36(35-34-26)27-17-19-32(5)25(21-27)13-14-28-30-16-15-29(24(4)11-9-10-23(2)3)33(30,6)20-18-31(28)32/h13,22-24,27-31H,7-12,14-21H2,1-6H3/t24-,27+,28+,29-,30+,31+,32+,33-/m1/s1. The highest BCUT2D eigenvalue weighted by Crippen LogP contribution is 2.67. The predicted molar refractivity (Wildman–Crippen MR) is 151 cm³/mol. The Kier molecular flexibility index (Phi) is 7.77. The van der Waals surface area contributed by atoms with E-state index in [9.17, 15) is 0 Å². The van der Waals surface area contributed by atoms with E-state index in [1.165, 1.54) is 89.2 Å². The van der Waals surface area contributed by atoms with Gasteiger partial charge in [-0.25, -0.2) is 4.68 Å². The molecule has 1 aromatic rings. The molecule has 4 aliphatic carbocycles. The monoisotopic (exact) mass is 493 g/mol. The van der Waals surface area contributed by atoms with Gasteiger partial charge in [0.25, 0.3) is 0 Å². The zero-order valence-corrected chi connectivity index (χ0v) is 24.4. The largest absolute Gasteiger partial charge is 0.249 e. The van der Waals surface area contributed by atoms with Crippen molar-refractivity contribution in [1.29, 1.82) is 0 Å². The molecule has 0 N–H and O–H groups in total. The second-order valence-electron chi connectivity index (χ2n) is 14.5. The van der Waals surface area contributed by atoms with E-state index >= 15 is 0 Å². The van der Waals surface area contributed by atoms with Crippen molar-refractivity contribution in [2.45, 2.75) is 137 Å². The normalized spacial score (nSPS) is 38.9. The molecule has 0 radical (unpaired) electrons. The molecule has 5 rings (SSSR count). The third kappa shape index (κ3) is 4.75. The summed E-state index contributed by atoms with van der Waals surface area (Å²) in [6.07, 6.45) is 23.9. The lowest BCUT2D eigenvalue weighted by Gasteiger charge is -2.58. The fourth-order valence-corrected chi connectivity index (χ4v) is 9.86. The minimum atomic E-state index is 0.424. The van der Waals surface area contributed by atoms with Gasteiger partial charge in [-0.1, -0.05) is 84.1 Å². The highest BCUT2D eigenvalue weighted by atomic mass is 15.4. The second kappa shape index (κ2) is 10.6. The number of aromatic nitrogens is 3. The summed E-state index contributed by atoms with van der Waals surface area (Å²) in [4.78, 5) is 0. The molecule has 1 heterocycles. The molecular formula is C33H55N3. The van der Waals surface area contributed by atoms with Crippen molar-refractivity contribution in [2.75, 3.05) is 0 Å². The van der Waals surface area contributed by atoms with Crippen molar-refractivity contribution in [3.8, 4) is 0 Å². The average Bonchev–Trinajstić information content (AvgIpc) is 3.46. The van der Waals surface area contributed by atoms with E-state index in [1.54, 1.807) is 5.57 Å². The van der Waals surface area contributed by atoms with E-state index in [0.717, 1.165) is 41.9 Å². The van der Waals surface area contributed by atoms with Gasteiger partial charge < -0.3 is 0 Å². The molecule has 0 unspecified atom stereocenters. The van der Waals surface area contributed by atoms with Crippen LogP contribution in [-0.4, -0.2) is 15.0 Å². The predicted octanol–water partition coefficient (Wildman–Crippen LogP) is 9.20. The van der Waals surface area contributed by atoms with Crippen LogP contribution in [0.15, 0.2) is 17.8 Å². The van der Waals surface area contributed by atoms with Gasteiger partial charge in [0.1, 0.15) is 0 Å². The molecule has 4 aliphatic rings. The molecular weight excluding hydrogens is 438 g/mol. The Morgan fingerprint density at radius 1 is 1.00 bits per heavy atom. The molecule has 0 aromatic carbocycles. The maximum atomic E-state index is 4.58. The summed E-state index contributed by atoms with van der Waals surface area (Å²) in [6.45, 7) is 15.0. The van der Waals surface area contributed by atoms with Crippen molar-refractivity contribution >= 4 is 0 Å². The number of nitrogens with zero attached hydrogens (tertiary/aromatic N) is 3. The molecule has 8 atom stereocenters. The fraction of sp³-hybridized carbons (Fsp3) is 0.879. The smallest absolute Gasteiger partial charge is 0.0827 e. The SMILES string of the molecule is CCCCc1cn([C@H]2CC[C@@]3(C)C(=CC[C@H]4[C@@H]5CC[C@H]([C@H](C)CCCC(C)C)[C@@]5(C)CC[C@@H]43)C2)nn1. The first-order valence-electron chi connectivity index (χ1n) is 15.9. The Balaban J connectivity index is 1.27. The highest BCUT2D eigenvalue weighted by molar-refractivity contribution is 5.25. The van der Waals surface area contributed by atoms with Crippen molar-refractivity contribution in [2.24, 2.45) is 46.3 Å². The number of rotatable bonds is 9. The first-order valence-corrected chi connectivity index (χ1v) is 15.9. The molecule has 3 heteroatoms. The number of unbranched alkanes of at least 4 members (excludes halogenated alkanes) is 1. The van der Waals surface area contributed by atoms with Crippen LogP contribution in [0.5, 0.6) is 0 Å². The molecule has 36 heavy (non-hydrogen) atoms. The first kappa shape index (κ1) is 26.5. The Bertz CT molecular complexity index is 914. The summed E-state index contributed by atoms with van der Waals surface area (Å²) >= 11 is 0. The van der Waals surface area contributed by atoms with Gasteiger partial charge in [0.05, 0.1) is 11.7 Å².